The Morgan fingerprint density at radius 1 is 1.12 bits per heavy atom. The van der Waals surface area contributed by atoms with E-state index in [1.54, 1.807) is 24.4 Å². The molecule has 1 amide bonds. The van der Waals surface area contributed by atoms with Crippen LogP contribution in [0.25, 0.3) is 0 Å². The molecule has 132 valence electrons. The summed E-state index contributed by atoms with van der Waals surface area (Å²) in [6.07, 6.45) is 3.59. The van der Waals surface area contributed by atoms with Crippen molar-refractivity contribution in [1.29, 1.82) is 0 Å². The second-order valence-corrected chi connectivity index (χ2v) is 6.45. The number of esters is 1. The van der Waals surface area contributed by atoms with Gasteiger partial charge in [-0.1, -0.05) is 18.2 Å². The summed E-state index contributed by atoms with van der Waals surface area (Å²) >= 11 is 1.46. The van der Waals surface area contributed by atoms with E-state index in [1.165, 1.54) is 24.9 Å². The van der Waals surface area contributed by atoms with Crippen LogP contribution in [0.15, 0.2) is 71.0 Å². The number of nitrogens with one attached hydrogen (secondary N) is 1. The van der Waals surface area contributed by atoms with E-state index >= 15 is 0 Å². The van der Waals surface area contributed by atoms with E-state index in [1.807, 2.05) is 42.1 Å². The number of aryl methyl sites for hydroxylation is 1. The van der Waals surface area contributed by atoms with Crippen molar-refractivity contribution in [2.24, 2.45) is 7.05 Å². The standard InChI is InChI=1S/C19H17N3O3S/c1-22-11-10-20-19(22)26-16-9-4-3-8-15(16)21-17(23)13-6-5-7-14(12-13)18(24)25-2/h3-12H,1-2H3,(H,21,23). The van der Waals surface area contributed by atoms with Gasteiger partial charge >= 0.3 is 5.97 Å². The second kappa shape index (κ2) is 7.88. The molecule has 3 aromatic rings. The molecule has 0 bridgehead atoms. The number of imidazole rings is 1. The van der Waals surface area contributed by atoms with Crippen LogP contribution in [-0.2, 0) is 11.8 Å². The zero-order valence-corrected chi connectivity index (χ0v) is 15.1. The van der Waals surface area contributed by atoms with Gasteiger partial charge in [0, 0.05) is 29.9 Å². The van der Waals surface area contributed by atoms with Gasteiger partial charge in [0.2, 0.25) is 0 Å². The van der Waals surface area contributed by atoms with Gasteiger partial charge in [0.25, 0.3) is 5.91 Å². The van der Waals surface area contributed by atoms with Crippen molar-refractivity contribution in [3.8, 4) is 0 Å². The Kier molecular flexibility index (Phi) is 5.38. The van der Waals surface area contributed by atoms with Gasteiger partial charge in [-0.15, -0.1) is 0 Å². The topological polar surface area (TPSA) is 73.2 Å². The maximum atomic E-state index is 12.6. The molecular weight excluding hydrogens is 350 g/mol. The van der Waals surface area contributed by atoms with E-state index in [0.29, 0.717) is 16.8 Å². The molecule has 7 heteroatoms. The fraction of sp³-hybridized carbons (Fsp3) is 0.105. The molecule has 0 saturated carbocycles. The third kappa shape index (κ3) is 3.94. The molecule has 0 atom stereocenters. The van der Waals surface area contributed by atoms with Crippen LogP contribution in [0, 0.1) is 0 Å². The number of aromatic nitrogens is 2. The first-order valence-electron chi connectivity index (χ1n) is 7.82. The van der Waals surface area contributed by atoms with Crippen LogP contribution >= 0.6 is 11.8 Å². The maximum absolute atomic E-state index is 12.6. The van der Waals surface area contributed by atoms with Crippen LogP contribution in [0.2, 0.25) is 0 Å². The highest BCUT2D eigenvalue weighted by molar-refractivity contribution is 7.99. The zero-order chi connectivity index (χ0) is 18.5. The molecular formula is C19H17N3O3S. The molecule has 0 radical (unpaired) electrons. The Balaban J connectivity index is 1.82. The van der Waals surface area contributed by atoms with Gasteiger partial charge in [0.05, 0.1) is 18.4 Å². The average Bonchev–Trinajstić information content (AvgIpc) is 3.07. The molecule has 0 aliphatic carbocycles. The molecule has 0 fully saturated rings. The van der Waals surface area contributed by atoms with E-state index in [9.17, 15) is 9.59 Å². The lowest BCUT2D eigenvalue weighted by molar-refractivity contribution is 0.0600. The number of amides is 1. The van der Waals surface area contributed by atoms with Gasteiger partial charge in [-0.3, -0.25) is 4.79 Å². The minimum atomic E-state index is -0.481. The Morgan fingerprint density at radius 3 is 2.62 bits per heavy atom. The summed E-state index contributed by atoms with van der Waals surface area (Å²) in [5.74, 6) is -0.783. The van der Waals surface area contributed by atoms with E-state index < -0.39 is 5.97 Å². The lowest BCUT2D eigenvalue weighted by Crippen LogP contribution is -2.13. The van der Waals surface area contributed by atoms with Gasteiger partial charge in [-0.2, -0.15) is 0 Å². The molecule has 0 aliphatic rings. The van der Waals surface area contributed by atoms with Crippen LogP contribution in [-0.4, -0.2) is 28.5 Å². The lowest BCUT2D eigenvalue weighted by atomic mass is 10.1. The third-order valence-corrected chi connectivity index (χ3v) is 4.81. The summed E-state index contributed by atoms with van der Waals surface area (Å²) in [6.45, 7) is 0. The second-order valence-electron chi connectivity index (χ2n) is 5.45. The highest BCUT2D eigenvalue weighted by Gasteiger charge is 2.13. The number of nitrogens with zero attached hydrogens (tertiary/aromatic N) is 2. The Morgan fingerprint density at radius 2 is 1.88 bits per heavy atom. The molecule has 1 aromatic heterocycles. The number of carbonyl (C=O) groups is 2. The summed E-state index contributed by atoms with van der Waals surface area (Å²) in [4.78, 5) is 29.4. The van der Waals surface area contributed by atoms with Gasteiger partial charge in [0.15, 0.2) is 5.16 Å². The first kappa shape index (κ1) is 17.8. The smallest absolute Gasteiger partial charge is 0.337 e. The van der Waals surface area contributed by atoms with E-state index in [0.717, 1.165) is 10.1 Å². The van der Waals surface area contributed by atoms with Crippen molar-refractivity contribution in [2.45, 2.75) is 10.1 Å². The predicted octanol–water partition coefficient (Wildman–Crippen LogP) is 3.61. The molecule has 2 aromatic carbocycles. The van der Waals surface area contributed by atoms with Crippen molar-refractivity contribution in [3.05, 3.63) is 72.1 Å². The molecule has 0 spiro atoms. The van der Waals surface area contributed by atoms with Crippen LogP contribution in [0.3, 0.4) is 0 Å². The first-order chi connectivity index (χ1) is 12.6. The van der Waals surface area contributed by atoms with Crippen LogP contribution < -0.4 is 5.32 Å². The summed E-state index contributed by atoms with van der Waals surface area (Å²) in [7, 11) is 3.22. The molecule has 6 nitrogen and oxygen atoms in total. The van der Waals surface area contributed by atoms with Gasteiger partial charge in [-0.25, -0.2) is 9.78 Å². The summed E-state index contributed by atoms with van der Waals surface area (Å²) in [6, 6.07) is 13.9. The van der Waals surface area contributed by atoms with E-state index in [-0.39, 0.29) is 5.91 Å². The molecule has 0 unspecified atom stereocenters. The Labute approximate surface area is 155 Å². The minimum Gasteiger partial charge on any atom is -0.465 e. The molecule has 3 rings (SSSR count). The zero-order valence-electron chi connectivity index (χ0n) is 14.3. The van der Waals surface area contributed by atoms with Gasteiger partial charge < -0.3 is 14.6 Å². The summed E-state index contributed by atoms with van der Waals surface area (Å²) < 4.78 is 6.60. The van der Waals surface area contributed by atoms with Crippen molar-refractivity contribution < 1.29 is 14.3 Å². The fourth-order valence-electron chi connectivity index (χ4n) is 2.31. The van der Waals surface area contributed by atoms with Crippen LogP contribution in [0.1, 0.15) is 20.7 Å². The molecule has 0 aliphatic heterocycles. The monoisotopic (exact) mass is 367 g/mol. The van der Waals surface area contributed by atoms with Crippen LogP contribution in [0.4, 0.5) is 5.69 Å². The van der Waals surface area contributed by atoms with Crippen molar-refractivity contribution in [3.63, 3.8) is 0 Å². The van der Waals surface area contributed by atoms with E-state index in [4.69, 9.17) is 4.74 Å². The number of anilines is 1. The number of ether oxygens (including phenoxy) is 1. The fourth-order valence-corrected chi connectivity index (χ4v) is 3.20. The molecule has 26 heavy (non-hydrogen) atoms. The third-order valence-electron chi connectivity index (χ3n) is 3.66. The predicted molar refractivity (Wildman–Crippen MR) is 99.5 cm³/mol. The highest BCUT2D eigenvalue weighted by atomic mass is 32.2. The number of benzene rings is 2. The number of carbonyl (C=O) groups excluding carboxylic acids is 2. The summed E-state index contributed by atoms with van der Waals surface area (Å²) in [5.41, 5.74) is 1.38. The number of methoxy groups -OCH3 is 1. The number of para-hydroxylation sites is 1. The average molecular weight is 367 g/mol. The lowest BCUT2D eigenvalue weighted by Gasteiger charge is -2.11. The summed E-state index contributed by atoms with van der Waals surface area (Å²) in [5, 5.41) is 3.71. The normalized spacial score (nSPS) is 10.4. The van der Waals surface area contributed by atoms with Crippen molar-refractivity contribution >= 4 is 29.3 Å². The number of rotatable bonds is 5. The highest BCUT2D eigenvalue weighted by Crippen LogP contribution is 2.32. The van der Waals surface area contributed by atoms with Crippen molar-refractivity contribution in [1.82, 2.24) is 9.55 Å². The van der Waals surface area contributed by atoms with Gasteiger partial charge in [-0.05, 0) is 42.1 Å². The number of hydrogen-bond donors (Lipinski definition) is 1. The van der Waals surface area contributed by atoms with E-state index in [2.05, 4.69) is 10.3 Å². The first-order valence-corrected chi connectivity index (χ1v) is 8.64. The maximum Gasteiger partial charge on any atom is 0.337 e. The van der Waals surface area contributed by atoms with Crippen molar-refractivity contribution in [2.75, 3.05) is 12.4 Å². The Hall–Kier alpha value is -3.06. The number of hydrogen-bond acceptors (Lipinski definition) is 5. The Bertz CT molecular complexity index is 952. The van der Waals surface area contributed by atoms with Crippen LogP contribution in [0.5, 0.6) is 0 Å². The largest absolute Gasteiger partial charge is 0.465 e. The molecule has 1 heterocycles. The molecule has 0 saturated heterocycles. The quantitative estimate of drug-likeness (QED) is 0.698. The van der Waals surface area contributed by atoms with Gasteiger partial charge in [0.1, 0.15) is 0 Å². The molecule has 1 N–H and O–H groups in total. The minimum absolute atomic E-state index is 0.302. The SMILES string of the molecule is COC(=O)c1cccc(C(=O)Nc2ccccc2Sc2nccn2C)c1.